The van der Waals surface area contributed by atoms with Crippen molar-refractivity contribution in [1.82, 2.24) is 15.3 Å². The van der Waals surface area contributed by atoms with Crippen LogP contribution < -0.4 is 10.6 Å². The number of anilines is 1. The van der Waals surface area contributed by atoms with E-state index in [9.17, 15) is 9.59 Å². The van der Waals surface area contributed by atoms with Gasteiger partial charge in [0, 0.05) is 34.6 Å². The monoisotopic (exact) mass is 372 g/mol. The van der Waals surface area contributed by atoms with E-state index in [1.807, 2.05) is 38.1 Å². The fourth-order valence-electron chi connectivity index (χ4n) is 2.68. The van der Waals surface area contributed by atoms with Gasteiger partial charge in [0.05, 0.1) is 0 Å². The third-order valence-electron chi connectivity index (χ3n) is 4.04. The second kappa shape index (κ2) is 7.57. The van der Waals surface area contributed by atoms with E-state index < -0.39 is 18.0 Å². The van der Waals surface area contributed by atoms with E-state index in [0.29, 0.717) is 11.0 Å². The molecule has 136 valence electrons. The minimum atomic E-state index is -1.24. The zero-order chi connectivity index (χ0) is 18.7. The first-order valence-corrected chi connectivity index (χ1v) is 9.06. The van der Waals surface area contributed by atoms with Gasteiger partial charge >= 0.3 is 6.09 Å². The molecule has 8 heteroatoms. The lowest BCUT2D eigenvalue weighted by Crippen LogP contribution is -2.44. The van der Waals surface area contributed by atoms with Crippen LogP contribution in [0.4, 0.5) is 9.93 Å². The lowest BCUT2D eigenvalue weighted by molar-refractivity contribution is -0.118. The highest BCUT2D eigenvalue weighted by Crippen LogP contribution is 2.25. The number of thiazole rings is 1. The third-order valence-corrected chi connectivity index (χ3v) is 5.25. The van der Waals surface area contributed by atoms with Crippen molar-refractivity contribution in [3.63, 3.8) is 0 Å². The van der Waals surface area contributed by atoms with Gasteiger partial charge in [-0.2, -0.15) is 0 Å². The molecular weight excluding hydrogens is 352 g/mol. The van der Waals surface area contributed by atoms with Crippen LogP contribution in [0.2, 0.25) is 0 Å². The number of carbonyl (C=O) groups excluding carboxylic acids is 1. The molecule has 2 heterocycles. The fraction of sp³-hybridized carbons (Fsp3) is 0.278. The van der Waals surface area contributed by atoms with Crippen LogP contribution in [0, 0.1) is 0 Å². The maximum absolute atomic E-state index is 12.6. The molecule has 2 aromatic heterocycles. The summed E-state index contributed by atoms with van der Waals surface area (Å²) in [5.74, 6) is -0.111. The number of amides is 2. The highest BCUT2D eigenvalue weighted by Gasteiger charge is 2.23. The van der Waals surface area contributed by atoms with E-state index >= 15 is 0 Å². The molecule has 1 aromatic carbocycles. The van der Waals surface area contributed by atoms with Gasteiger partial charge < -0.3 is 20.7 Å². The van der Waals surface area contributed by atoms with Crippen molar-refractivity contribution in [2.45, 2.75) is 32.2 Å². The summed E-state index contributed by atoms with van der Waals surface area (Å²) < 4.78 is 0. The standard InChI is InChI=1S/C18H20N4O3S/c1-10(2)15-9-20-17(26-15)22-16(23)14(21-18(24)25)7-11-8-19-13-6-4-3-5-12(11)13/h3-6,8-10,14,19,21H,7H2,1-2H3,(H,24,25)(H,20,22,23)/t14-/m0/s1. The molecule has 0 saturated carbocycles. The quantitative estimate of drug-likeness (QED) is 0.530. The van der Waals surface area contributed by atoms with Crippen LogP contribution >= 0.6 is 11.3 Å². The molecule has 7 nitrogen and oxygen atoms in total. The van der Waals surface area contributed by atoms with Gasteiger partial charge in [-0.15, -0.1) is 11.3 Å². The van der Waals surface area contributed by atoms with Crippen LogP contribution in [-0.2, 0) is 11.2 Å². The predicted octanol–water partition coefficient (Wildman–Crippen LogP) is 3.57. The molecule has 2 amide bonds. The predicted molar refractivity (Wildman–Crippen MR) is 102 cm³/mol. The minimum absolute atomic E-state index is 0.241. The lowest BCUT2D eigenvalue weighted by Gasteiger charge is -2.15. The Morgan fingerprint density at radius 1 is 1.31 bits per heavy atom. The van der Waals surface area contributed by atoms with Gasteiger partial charge in [0.15, 0.2) is 5.13 Å². The molecule has 0 aliphatic heterocycles. The Kier molecular flexibility index (Phi) is 5.22. The molecule has 0 bridgehead atoms. The van der Waals surface area contributed by atoms with Gasteiger partial charge in [-0.1, -0.05) is 32.0 Å². The number of H-pyrrole nitrogens is 1. The molecule has 3 rings (SSSR count). The lowest BCUT2D eigenvalue weighted by atomic mass is 10.0. The molecule has 1 atom stereocenters. The topological polar surface area (TPSA) is 107 Å². The zero-order valence-electron chi connectivity index (χ0n) is 14.4. The van der Waals surface area contributed by atoms with Gasteiger partial charge in [0.25, 0.3) is 0 Å². The molecule has 0 aliphatic carbocycles. The van der Waals surface area contributed by atoms with Crippen LogP contribution in [0.15, 0.2) is 36.7 Å². The van der Waals surface area contributed by atoms with E-state index in [-0.39, 0.29) is 6.42 Å². The Morgan fingerprint density at radius 3 is 2.77 bits per heavy atom. The van der Waals surface area contributed by atoms with E-state index in [1.54, 1.807) is 12.4 Å². The number of nitrogens with zero attached hydrogens (tertiary/aromatic N) is 1. The summed E-state index contributed by atoms with van der Waals surface area (Å²) in [5.41, 5.74) is 1.81. The highest BCUT2D eigenvalue weighted by molar-refractivity contribution is 7.15. The summed E-state index contributed by atoms with van der Waals surface area (Å²) in [5, 5.41) is 15.6. The Bertz CT molecular complexity index is 931. The van der Waals surface area contributed by atoms with Crippen LogP contribution in [0.3, 0.4) is 0 Å². The second-order valence-electron chi connectivity index (χ2n) is 6.28. The molecule has 0 unspecified atom stereocenters. The van der Waals surface area contributed by atoms with Gasteiger partial charge in [-0.05, 0) is 17.5 Å². The highest BCUT2D eigenvalue weighted by atomic mass is 32.1. The van der Waals surface area contributed by atoms with Crippen LogP contribution in [-0.4, -0.2) is 33.1 Å². The van der Waals surface area contributed by atoms with Crippen molar-refractivity contribution < 1.29 is 14.7 Å². The van der Waals surface area contributed by atoms with Crippen LogP contribution in [0.5, 0.6) is 0 Å². The number of fused-ring (bicyclic) bond motifs is 1. The van der Waals surface area contributed by atoms with Crippen LogP contribution in [0.25, 0.3) is 10.9 Å². The largest absolute Gasteiger partial charge is 0.465 e. The molecule has 26 heavy (non-hydrogen) atoms. The van der Waals surface area contributed by atoms with E-state index in [1.165, 1.54) is 11.3 Å². The molecule has 0 radical (unpaired) electrons. The van der Waals surface area contributed by atoms with Gasteiger partial charge in [-0.25, -0.2) is 9.78 Å². The molecule has 0 fully saturated rings. The Morgan fingerprint density at radius 2 is 2.08 bits per heavy atom. The molecule has 3 aromatic rings. The number of aromatic nitrogens is 2. The minimum Gasteiger partial charge on any atom is -0.465 e. The SMILES string of the molecule is CC(C)c1cnc(NC(=O)[C@H](Cc2c[nH]c3ccccc23)NC(=O)O)s1. The fourth-order valence-corrected chi connectivity index (χ4v) is 3.50. The van der Waals surface area contributed by atoms with Gasteiger partial charge in [0.1, 0.15) is 6.04 Å². The van der Waals surface area contributed by atoms with Crippen molar-refractivity contribution >= 4 is 39.4 Å². The molecular formula is C18H20N4O3S. The summed E-state index contributed by atoms with van der Waals surface area (Å²) in [6.07, 6.45) is 2.52. The van der Waals surface area contributed by atoms with Crippen molar-refractivity contribution in [2.75, 3.05) is 5.32 Å². The van der Waals surface area contributed by atoms with Crippen molar-refractivity contribution in [1.29, 1.82) is 0 Å². The van der Waals surface area contributed by atoms with Gasteiger partial charge in [-0.3, -0.25) is 4.79 Å². The molecule has 0 aliphatic rings. The van der Waals surface area contributed by atoms with Gasteiger partial charge in [0.2, 0.25) is 5.91 Å². The summed E-state index contributed by atoms with van der Waals surface area (Å²) in [7, 11) is 0. The van der Waals surface area contributed by atoms with Crippen molar-refractivity contribution in [3.8, 4) is 0 Å². The number of hydrogen-bond donors (Lipinski definition) is 4. The summed E-state index contributed by atoms with van der Waals surface area (Å²) in [6.45, 7) is 4.09. The van der Waals surface area contributed by atoms with E-state index in [0.717, 1.165) is 21.3 Å². The molecule has 0 saturated heterocycles. The van der Waals surface area contributed by atoms with Crippen molar-refractivity contribution in [3.05, 3.63) is 47.1 Å². The zero-order valence-corrected chi connectivity index (χ0v) is 15.3. The number of carboxylic acid groups (broad SMARTS) is 1. The first-order valence-electron chi connectivity index (χ1n) is 8.25. The molecule has 4 N–H and O–H groups in total. The summed E-state index contributed by atoms with van der Waals surface area (Å²) in [6, 6.07) is 6.77. The Balaban J connectivity index is 1.78. The Hall–Kier alpha value is -2.87. The third kappa shape index (κ3) is 4.02. The number of aromatic amines is 1. The number of benzene rings is 1. The molecule has 0 spiro atoms. The Labute approximate surface area is 154 Å². The smallest absolute Gasteiger partial charge is 0.405 e. The van der Waals surface area contributed by atoms with Crippen molar-refractivity contribution in [2.24, 2.45) is 0 Å². The average Bonchev–Trinajstić information content (AvgIpc) is 3.21. The summed E-state index contributed by atoms with van der Waals surface area (Å²) in [4.78, 5) is 32.1. The number of nitrogens with one attached hydrogen (secondary N) is 3. The maximum atomic E-state index is 12.6. The average molecular weight is 372 g/mol. The number of rotatable bonds is 6. The normalized spacial score (nSPS) is 12.3. The number of hydrogen-bond acceptors (Lipinski definition) is 4. The second-order valence-corrected chi connectivity index (χ2v) is 7.34. The van der Waals surface area contributed by atoms with Crippen LogP contribution in [0.1, 0.15) is 30.2 Å². The maximum Gasteiger partial charge on any atom is 0.405 e. The van der Waals surface area contributed by atoms with E-state index in [4.69, 9.17) is 5.11 Å². The summed E-state index contributed by atoms with van der Waals surface area (Å²) >= 11 is 1.39. The number of carbonyl (C=O) groups is 2. The first kappa shape index (κ1) is 17.9. The number of para-hydroxylation sites is 1. The van der Waals surface area contributed by atoms with E-state index in [2.05, 4.69) is 20.6 Å². The first-order chi connectivity index (χ1) is 12.4.